The van der Waals surface area contributed by atoms with Crippen LogP contribution in [0.1, 0.15) is 26.2 Å². The minimum absolute atomic E-state index is 0.0127. The maximum Gasteiger partial charge on any atom is 0.313 e. The largest absolute Gasteiger partial charge is 0.461 e. The molecule has 4 heterocycles. The lowest BCUT2D eigenvalue weighted by Crippen LogP contribution is -2.56. The van der Waals surface area contributed by atoms with Gasteiger partial charge in [0, 0.05) is 30.4 Å². The number of carbonyl (C=O) groups excluding carboxylic acids is 3. The Morgan fingerprint density at radius 3 is 2.54 bits per heavy atom. The highest BCUT2D eigenvalue weighted by Crippen LogP contribution is 2.58. The van der Waals surface area contributed by atoms with E-state index in [4.69, 9.17) is 21.1 Å². The maximum absolute atomic E-state index is 14.2. The van der Waals surface area contributed by atoms with Crippen LogP contribution in [0.25, 0.3) is 0 Å². The van der Waals surface area contributed by atoms with Gasteiger partial charge >= 0.3 is 5.97 Å². The van der Waals surface area contributed by atoms with Crippen molar-refractivity contribution in [2.45, 2.75) is 43.4 Å². The number of carbonyl (C=O) groups is 3. The number of aliphatic hydroxyl groups excluding tert-OH is 1. The Bertz CT molecular complexity index is 1090. The maximum atomic E-state index is 14.2. The molecule has 1 spiro atoms. The molecule has 8 nitrogen and oxygen atoms in total. The lowest BCUT2D eigenvalue weighted by Gasteiger charge is -2.38. The van der Waals surface area contributed by atoms with Crippen molar-refractivity contribution >= 4 is 35.1 Å². The van der Waals surface area contributed by atoms with E-state index in [1.165, 1.54) is 0 Å². The number of anilines is 1. The van der Waals surface area contributed by atoms with Crippen molar-refractivity contribution in [2.75, 3.05) is 31.2 Å². The van der Waals surface area contributed by atoms with Crippen LogP contribution in [-0.2, 0) is 23.9 Å². The SMILES string of the molecule is CC[C@@]12C=CCOC(=O)[C@@H]1[C@H]1C(=O)N(CCCCO)C3C(=O)N(c4ccc(Cl)cc4)CC=C[C@@]31O2. The summed E-state index contributed by atoms with van der Waals surface area (Å²) in [6.45, 7) is 2.58. The molecule has 0 saturated carbocycles. The van der Waals surface area contributed by atoms with E-state index in [1.54, 1.807) is 40.1 Å². The lowest BCUT2D eigenvalue weighted by atomic mass is 9.73. The van der Waals surface area contributed by atoms with Crippen LogP contribution in [0.15, 0.2) is 48.6 Å². The van der Waals surface area contributed by atoms with Gasteiger partial charge in [0.2, 0.25) is 5.91 Å². The summed E-state index contributed by atoms with van der Waals surface area (Å²) in [7, 11) is 0. The van der Waals surface area contributed by atoms with E-state index < -0.39 is 35.0 Å². The number of benzene rings is 1. The first-order valence-corrected chi connectivity index (χ1v) is 12.5. The minimum atomic E-state index is -1.31. The summed E-state index contributed by atoms with van der Waals surface area (Å²) in [6.07, 6.45) is 8.70. The zero-order chi connectivity index (χ0) is 24.8. The van der Waals surface area contributed by atoms with Crippen LogP contribution in [-0.4, -0.2) is 71.3 Å². The predicted octanol–water partition coefficient (Wildman–Crippen LogP) is 2.49. The van der Waals surface area contributed by atoms with E-state index in [0.717, 1.165) is 0 Å². The summed E-state index contributed by atoms with van der Waals surface area (Å²) >= 11 is 6.06. The summed E-state index contributed by atoms with van der Waals surface area (Å²) in [4.78, 5) is 44.5. The van der Waals surface area contributed by atoms with Gasteiger partial charge in [-0.3, -0.25) is 14.4 Å². The molecule has 4 aliphatic rings. The Morgan fingerprint density at radius 2 is 1.83 bits per heavy atom. The first kappa shape index (κ1) is 24.0. The smallest absolute Gasteiger partial charge is 0.313 e. The third-order valence-electron chi connectivity index (χ3n) is 7.64. The van der Waals surface area contributed by atoms with E-state index in [1.807, 2.05) is 25.2 Å². The zero-order valence-corrected chi connectivity index (χ0v) is 20.3. The summed E-state index contributed by atoms with van der Waals surface area (Å²) in [5, 5.41) is 9.86. The number of ether oxygens (including phenoxy) is 2. The van der Waals surface area contributed by atoms with Crippen molar-refractivity contribution in [3.8, 4) is 0 Å². The highest BCUT2D eigenvalue weighted by atomic mass is 35.5. The van der Waals surface area contributed by atoms with Gasteiger partial charge in [0.1, 0.15) is 29.8 Å². The molecule has 9 heteroatoms. The minimum Gasteiger partial charge on any atom is -0.461 e. The van der Waals surface area contributed by atoms with Gasteiger partial charge in [-0.2, -0.15) is 0 Å². The van der Waals surface area contributed by atoms with Crippen LogP contribution in [0.3, 0.4) is 0 Å². The highest BCUT2D eigenvalue weighted by molar-refractivity contribution is 6.30. The molecular formula is C26H29ClN2O6. The average molecular weight is 501 g/mol. The van der Waals surface area contributed by atoms with Gasteiger partial charge < -0.3 is 24.4 Å². The van der Waals surface area contributed by atoms with E-state index >= 15 is 0 Å². The summed E-state index contributed by atoms with van der Waals surface area (Å²) < 4.78 is 12.2. The molecule has 2 amide bonds. The molecule has 0 bridgehead atoms. The molecule has 1 aromatic rings. The van der Waals surface area contributed by atoms with Crippen molar-refractivity contribution in [3.05, 3.63) is 53.6 Å². The topological polar surface area (TPSA) is 96.4 Å². The van der Waals surface area contributed by atoms with Crippen molar-refractivity contribution in [1.82, 2.24) is 4.90 Å². The molecule has 1 aromatic carbocycles. The molecule has 186 valence electrons. The number of nitrogens with zero attached hydrogens (tertiary/aromatic N) is 2. The normalized spacial score (nSPS) is 33.8. The first-order valence-electron chi connectivity index (χ1n) is 12.1. The fourth-order valence-electron chi connectivity index (χ4n) is 6.08. The lowest BCUT2D eigenvalue weighted by molar-refractivity contribution is -0.157. The number of rotatable bonds is 6. The molecule has 2 saturated heterocycles. The summed E-state index contributed by atoms with van der Waals surface area (Å²) in [5.74, 6) is -2.80. The molecule has 4 aliphatic heterocycles. The second-order valence-electron chi connectivity index (χ2n) is 9.44. The number of esters is 1. The average Bonchev–Trinajstić information content (AvgIpc) is 3.12. The summed E-state index contributed by atoms with van der Waals surface area (Å²) in [6, 6.07) is 6.01. The molecule has 1 N–H and O–H groups in total. The molecule has 2 fully saturated rings. The quantitative estimate of drug-likeness (QED) is 0.366. The number of fused-ring (bicyclic) bond motifs is 2. The molecule has 1 unspecified atom stereocenters. The van der Waals surface area contributed by atoms with Crippen LogP contribution in [0.2, 0.25) is 5.02 Å². The standard InChI is InChI=1S/C26H29ClN2O6/c1-2-25-11-6-16-34-24(33)20(25)19-22(31)29(13-3-4-15-30)21-23(32)28(14-5-12-26(19,21)35-25)18-9-7-17(27)8-10-18/h5-12,19-21,30H,2-4,13-16H2,1H3/t19-,20-,21?,25+,26-/m0/s1. The number of likely N-dealkylation sites (tertiary alicyclic amines) is 1. The Labute approximate surface area is 209 Å². The number of hydrogen-bond donors (Lipinski definition) is 1. The van der Waals surface area contributed by atoms with Crippen molar-refractivity contribution in [2.24, 2.45) is 11.8 Å². The van der Waals surface area contributed by atoms with E-state index in [9.17, 15) is 19.5 Å². The number of aliphatic hydroxyl groups is 1. The molecular weight excluding hydrogens is 472 g/mol. The summed E-state index contributed by atoms with van der Waals surface area (Å²) in [5.41, 5.74) is -1.69. The van der Waals surface area contributed by atoms with Gasteiger partial charge in [-0.25, -0.2) is 0 Å². The third-order valence-corrected chi connectivity index (χ3v) is 7.89. The van der Waals surface area contributed by atoms with Gasteiger partial charge in [0.15, 0.2) is 0 Å². The molecule has 35 heavy (non-hydrogen) atoms. The zero-order valence-electron chi connectivity index (χ0n) is 19.6. The van der Waals surface area contributed by atoms with Gasteiger partial charge in [-0.1, -0.05) is 36.8 Å². The second kappa shape index (κ2) is 9.08. The molecule has 5 rings (SSSR count). The van der Waals surface area contributed by atoms with E-state index in [2.05, 4.69) is 0 Å². The van der Waals surface area contributed by atoms with Crippen molar-refractivity contribution < 1.29 is 29.0 Å². The van der Waals surface area contributed by atoms with Crippen LogP contribution < -0.4 is 4.90 Å². The van der Waals surface area contributed by atoms with Crippen molar-refractivity contribution in [1.29, 1.82) is 0 Å². The number of cyclic esters (lactones) is 1. The van der Waals surface area contributed by atoms with Crippen molar-refractivity contribution in [3.63, 3.8) is 0 Å². The number of hydrogen-bond acceptors (Lipinski definition) is 6. The van der Waals surface area contributed by atoms with E-state index in [-0.39, 0.29) is 38.1 Å². The fourth-order valence-corrected chi connectivity index (χ4v) is 6.21. The van der Waals surface area contributed by atoms with Gasteiger partial charge in [0.05, 0.1) is 5.92 Å². The van der Waals surface area contributed by atoms with Gasteiger partial charge in [-0.05, 0) is 49.6 Å². The van der Waals surface area contributed by atoms with Crippen LogP contribution in [0.5, 0.6) is 0 Å². The Morgan fingerprint density at radius 1 is 1.06 bits per heavy atom. The third kappa shape index (κ3) is 3.61. The number of amides is 2. The highest BCUT2D eigenvalue weighted by Gasteiger charge is 2.75. The van der Waals surface area contributed by atoms with Crippen LogP contribution in [0.4, 0.5) is 5.69 Å². The first-order chi connectivity index (χ1) is 16.9. The molecule has 0 aliphatic carbocycles. The Hall–Kier alpha value is -2.68. The van der Waals surface area contributed by atoms with Crippen LogP contribution >= 0.6 is 11.6 Å². The molecule has 0 radical (unpaired) electrons. The Balaban J connectivity index is 1.63. The molecule has 0 aromatic heterocycles. The van der Waals surface area contributed by atoms with Crippen LogP contribution in [0, 0.1) is 11.8 Å². The second-order valence-corrected chi connectivity index (χ2v) is 9.88. The van der Waals surface area contributed by atoms with Gasteiger partial charge in [-0.15, -0.1) is 0 Å². The predicted molar refractivity (Wildman–Crippen MR) is 129 cm³/mol. The Kier molecular flexibility index (Phi) is 6.23. The monoisotopic (exact) mass is 500 g/mol. The molecule has 5 atom stereocenters. The van der Waals surface area contributed by atoms with E-state index in [0.29, 0.717) is 30.0 Å². The number of halogens is 1. The fraction of sp³-hybridized carbons (Fsp3) is 0.500. The number of unbranched alkanes of at least 4 members (excludes halogenated alkanes) is 1. The van der Waals surface area contributed by atoms with Gasteiger partial charge in [0.25, 0.3) is 5.91 Å².